The quantitative estimate of drug-likeness (QED) is 0.453. The second-order valence-electron chi connectivity index (χ2n) is 6.81. The number of aliphatic hydroxyl groups is 2. The number of hydrogen-bond donors (Lipinski definition) is 2. The highest BCUT2D eigenvalue weighted by Gasteiger charge is 2.44. The molecule has 6 nitrogen and oxygen atoms in total. The van der Waals surface area contributed by atoms with Gasteiger partial charge in [0.1, 0.15) is 12.2 Å². The van der Waals surface area contributed by atoms with Crippen LogP contribution in [0.25, 0.3) is 0 Å². The minimum atomic E-state index is -0.779. The first-order valence-electron chi connectivity index (χ1n) is 8.66. The first kappa shape index (κ1) is 20.1. The summed E-state index contributed by atoms with van der Waals surface area (Å²) < 4.78 is 11.0. The fourth-order valence-electron chi connectivity index (χ4n) is 3.22. The summed E-state index contributed by atoms with van der Waals surface area (Å²) in [7, 11) is 0. The molecule has 0 spiro atoms. The molecule has 1 fully saturated rings. The van der Waals surface area contributed by atoms with Gasteiger partial charge in [-0.05, 0) is 38.8 Å². The highest BCUT2D eigenvalue weighted by Crippen LogP contribution is 2.36. The molecule has 0 bridgehead atoms. The van der Waals surface area contributed by atoms with Crippen molar-refractivity contribution in [3.8, 4) is 0 Å². The third kappa shape index (κ3) is 4.51. The predicted octanol–water partition coefficient (Wildman–Crippen LogP) is 1.98. The molecule has 0 aromatic carbocycles. The van der Waals surface area contributed by atoms with Gasteiger partial charge in [-0.2, -0.15) is 0 Å². The van der Waals surface area contributed by atoms with Crippen molar-refractivity contribution in [1.29, 1.82) is 0 Å². The topological polar surface area (TPSA) is 93.1 Å². The monoisotopic (exact) mass is 362 g/mol. The van der Waals surface area contributed by atoms with Gasteiger partial charge in [0.2, 0.25) is 0 Å². The average molecular weight is 362 g/mol. The Bertz CT molecular complexity index is 684. The molecule has 26 heavy (non-hydrogen) atoms. The Kier molecular flexibility index (Phi) is 6.56. The third-order valence-corrected chi connectivity index (χ3v) is 4.75. The highest BCUT2D eigenvalue weighted by molar-refractivity contribution is 5.92. The first-order valence-corrected chi connectivity index (χ1v) is 8.66. The van der Waals surface area contributed by atoms with E-state index in [2.05, 4.69) is 6.58 Å². The van der Waals surface area contributed by atoms with Crippen LogP contribution < -0.4 is 0 Å². The van der Waals surface area contributed by atoms with E-state index in [1.807, 2.05) is 6.92 Å². The molecule has 1 aliphatic heterocycles. The molecule has 1 saturated heterocycles. The summed E-state index contributed by atoms with van der Waals surface area (Å²) in [5.74, 6) is -1.57. The van der Waals surface area contributed by atoms with E-state index in [-0.39, 0.29) is 18.6 Å². The molecule has 0 amide bonds. The Hall–Kier alpha value is -2.18. The third-order valence-electron chi connectivity index (χ3n) is 4.75. The molecule has 0 aromatic rings. The van der Waals surface area contributed by atoms with E-state index in [1.165, 1.54) is 0 Å². The number of aliphatic hydroxyl groups excluding tert-OH is 2. The van der Waals surface area contributed by atoms with Crippen LogP contribution in [-0.2, 0) is 19.1 Å². The molecule has 0 radical (unpaired) electrons. The lowest BCUT2D eigenvalue weighted by Crippen LogP contribution is -2.34. The molecule has 0 saturated carbocycles. The van der Waals surface area contributed by atoms with E-state index < -0.39 is 36.2 Å². The van der Waals surface area contributed by atoms with Crippen molar-refractivity contribution in [3.05, 3.63) is 47.1 Å². The molecular weight excluding hydrogens is 336 g/mol. The van der Waals surface area contributed by atoms with Gasteiger partial charge in [0.05, 0.1) is 18.6 Å². The van der Waals surface area contributed by atoms with Crippen molar-refractivity contribution in [2.24, 2.45) is 5.92 Å². The van der Waals surface area contributed by atoms with Gasteiger partial charge in [-0.3, -0.25) is 0 Å². The number of rotatable bonds is 3. The maximum atomic E-state index is 12.3. The highest BCUT2D eigenvalue weighted by atomic mass is 16.6. The summed E-state index contributed by atoms with van der Waals surface area (Å²) in [6.07, 6.45) is 3.38. The minimum Gasteiger partial charge on any atom is -0.458 e. The standard InChI is InChI=1S/C20H26O6/c1-5-12(3)19(23)25-17-9-14(10-21)8-15(22)6-11(2)7-16-18(17)13(4)20(24)26-16/h5,7-8,15-18,21-22H,4,6,9-10H2,1-3H3/b11-7+,12-5-,14-8-/t15-,16+,17+,18-/m0/s1. The zero-order valence-corrected chi connectivity index (χ0v) is 15.4. The summed E-state index contributed by atoms with van der Waals surface area (Å²) in [6, 6.07) is 0. The summed E-state index contributed by atoms with van der Waals surface area (Å²) in [4.78, 5) is 24.4. The molecule has 0 unspecified atom stereocenters. The van der Waals surface area contributed by atoms with Crippen LogP contribution in [0.2, 0.25) is 0 Å². The van der Waals surface area contributed by atoms with Crippen LogP contribution in [0, 0.1) is 5.92 Å². The van der Waals surface area contributed by atoms with Gasteiger partial charge in [0, 0.05) is 17.6 Å². The van der Waals surface area contributed by atoms with Crippen molar-refractivity contribution in [3.63, 3.8) is 0 Å². The van der Waals surface area contributed by atoms with E-state index >= 15 is 0 Å². The zero-order valence-electron chi connectivity index (χ0n) is 15.4. The van der Waals surface area contributed by atoms with Crippen LogP contribution in [0.4, 0.5) is 0 Å². The Morgan fingerprint density at radius 3 is 2.73 bits per heavy atom. The fourth-order valence-corrected chi connectivity index (χ4v) is 3.22. The molecular formula is C20H26O6. The van der Waals surface area contributed by atoms with Crippen molar-refractivity contribution in [1.82, 2.24) is 0 Å². The van der Waals surface area contributed by atoms with E-state index in [1.54, 1.807) is 32.1 Å². The van der Waals surface area contributed by atoms with E-state index in [4.69, 9.17) is 9.47 Å². The van der Waals surface area contributed by atoms with Gasteiger partial charge in [0.25, 0.3) is 0 Å². The fraction of sp³-hybridized carbons (Fsp3) is 0.500. The number of carbonyl (C=O) groups is 2. The average Bonchev–Trinajstić information content (AvgIpc) is 2.85. The van der Waals surface area contributed by atoms with Crippen molar-refractivity contribution in [2.75, 3.05) is 6.61 Å². The second-order valence-corrected chi connectivity index (χ2v) is 6.81. The molecule has 1 aliphatic carbocycles. The zero-order chi connectivity index (χ0) is 19.4. The number of allylic oxidation sites excluding steroid dienone is 1. The molecule has 4 atom stereocenters. The smallest absolute Gasteiger partial charge is 0.334 e. The minimum absolute atomic E-state index is 0.181. The molecule has 0 aromatic heterocycles. The van der Waals surface area contributed by atoms with Gasteiger partial charge >= 0.3 is 11.9 Å². The molecule has 2 N–H and O–H groups in total. The summed E-state index contributed by atoms with van der Waals surface area (Å²) in [5.41, 5.74) is 2.05. The largest absolute Gasteiger partial charge is 0.458 e. The van der Waals surface area contributed by atoms with Crippen LogP contribution in [0.3, 0.4) is 0 Å². The Morgan fingerprint density at radius 1 is 1.42 bits per heavy atom. The van der Waals surface area contributed by atoms with E-state index in [9.17, 15) is 19.8 Å². The molecule has 142 valence electrons. The molecule has 1 heterocycles. The maximum Gasteiger partial charge on any atom is 0.334 e. The molecule has 6 heteroatoms. The molecule has 2 aliphatic rings. The lowest BCUT2D eigenvalue weighted by molar-refractivity contribution is -0.147. The van der Waals surface area contributed by atoms with Crippen molar-refractivity contribution in [2.45, 2.75) is 51.9 Å². The van der Waals surface area contributed by atoms with Crippen molar-refractivity contribution >= 4 is 11.9 Å². The summed E-state index contributed by atoms with van der Waals surface area (Å²) in [6.45, 7) is 8.74. The predicted molar refractivity (Wildman–Crippen MR) is 96.0 cm³/mol. The van der Waals surface area contributed by atoms with Crippen LogP contribution in [0.5, 0.6) is 0 Å². The maximum absolute atomic E-state index is 12.3. The van der Waals surface area contributed by atoms with Gasteiger partial charge in [-0.1, -0.05) is 24.3 Å². The summed E-state index contributed by atoms with van der Waals surface area (Å²) >= 11 is 0. The lowest BCUT2D eigenvalue weighted by atomic mass is 9.85. The Morgan fingerprint density at radius 2 is 2.12 bits per heavy atom. The van der Waals surface area contributed by atoms with E-state index in [0.29, 0.717) is 17.6 Å². The van der Waals surface area contributed by atoms with E-state index in [0.717, 1.165) is 5.57 Å². The van der Waals surface area contributed by atoms with Crippen LogP contribution in [0.1, 0.15) is 33.6 Å². The number of esters is 2. The van der Waals surface area contributed by atoms with Crippen LogP contribution in [0.15, 0.2) is 47.1 Å². The van der Waals surface area contributed by atoms with Gasteiger partial charge in [0.15, 0.2) is 0 Å². The van der Waals surface area contributed by atoms with Gasteiger partial charge in [-0.15, -0.1) is 0 Å². The number of ether oxygens (including phenoxy) is 2. The number of carbonyl (C=O) groups excluding carboxylic acids is 2. The first-order chi connectivity index (χ1) is 12.3. The normalized spacial score (nSPS) is 34.1. The van der Waals surface area contributed by atoms with Crippen molar-refractivity contribution < 1.29 is 29.3 Å². The number of hydrogen-bond acceptors (Lipinski definition) is 6. The van der Waals surface area contributed by atoms with Crippen LogP contribution in [-0.4, -0.2) is 47.1 Å². The van der Waals surface area contributed by atoms with Crippen LogP contribution >= 0.6 is 0 Å². The number of fused-ring (bicyclic) bond motifs is 1. The Labute approximate surface area is 153 Å². The SMILES string of the molecule is C=C1C(=O)O[C@@H]2/C=C(\C)C[C@H](O)/C=C(\CO)C[C@@H](OC(=O)/C(C)=C\C)[C@@H]12. The lowest BCUT2D eigenvalue weighted by Gasteiger charge is -2.28. The molecule has 2 rings (SSSR count). The summed E-state index contributed by atoms with van der Waals surface area (Å²) in [5, 5.41) is 19.8. The Balaban J connectivity index is 2.45. The van der Waals surface area contributed by atoms with Gasteiger partial charge < -0.3 is 19.7 Å². The van der Waals surface area contributed by atoms with Gasteiger partial charge in [-0.25, -0.2) is 9.59 Å². The second kappa shape index (κ2) is 8.47.